The molecular weight excluding hydrogens is 497 g/mol. The molecule has 1 fully saturated rings. The van der Waals surface area contributed by atoms with Crippen LogP contribution >= 0.6 is 0 Å². The van der Waals surface area contributed by atoms with Gasteiger partial charge in [-0.05, 0) is 49.8 Å². The molecular formula is C24H30F3N4O4S-. The maximum Gasteiger partial charge on any atom is 0.433 e. The SMILES string of the molecule is CC1CCN(c2nc(C(F)(F)F)ccc2CNC(=O)C(C)c2cccc(C(C)(N)OS(=O)[O-])c2)CC1. The number of piperidine rings is 1. The Morgan fingerprint density at radius 1 is 1.31 bits per heavy atom. The highest BCUT2D eigenvalue weighted by Gasteiger charge is 2.34. The van der Waals surface area contributed by atoms with Crippen LogP contribution in [0.1, 0.15) is 61.9 Å². The van der Waals surface area contributed by atoms with E-state index >= 15 is 0 Å². The number of anilines is 1. The van der Waals surface area contributed by atoms with Crippen molar-refractivity contribution in [2.24, 2.45) is 11.7 Å². The van der Waals surface area contributed by atoms with Crippen LogP contribution in [0, 0.1) is 5.92 Å². The van der Waals surface area contributed by atoms with Crippen molar-refractivity contribution in [3.63, 3.8) is 0 Å². The number of pyridine rings is 1. The number of hydrogen-bond donors (Lipinski definition) is 2. The molecule has 198 valence electrons. The molecule has 8 nitrogen and oxygen atoms in total. The van der Waals surface area contributed by atoms with Crippen LogP contribution in [-0.4, -0.2) is 32.7 Å². The number of halogens is 3. The third-order valence-corrected chi connectivity index (χ3v) is 6.86. The first-order valence-electron chi connectivity index (χ1n) is 11.6. The van der Waals surface area contributed by atoms with E-state index in [9.17, 15) is 26.7 Å². The van der Waals surface area contributed by atoms with E-state index in [4.69, 9.17) is 9.92 Å². The molecule has 3 atom stereocenters. The number of aromatic nitrogens is 1. The van der Waals surface area contributed by atoms with Crippen molar-refractivity contribution < 1.29 is 30.9 Å². The molecule has 2 aromatic rings. The number of nitrogens with two attached hydrogens (primary N) is 1. The standard InChI is InChI=1S/C24H31F3N4O4S/c1-15-9-11-31(12-10-15)21-18(7-8-20(30-21)24(25,26)27)14-29-22(32)16(2)17-5-4-6-19(13-17)23(3,28)35-36(33)34/h4-8,13,15-16H,9-12,14,28H2,1-3H3,(H,29,32)(H,33,34)/p-1. The number of amides is 1. The van der Waals surface area contributed by atoms with E-state index in [-0.39, 0.29) is 18.3 Å². The molecule has 1 aromatic carbocycles. The summed E-state index contributed by atoms with van der Waals surface area (Å²) in [6.45, 7) is 6.33. The van der Waals surface area contributed by atoms with Crippen molar-refractivity contribution in [3.8, 4) is 0 Å². The Hall–Kier alpha value is -2.54. The molecule has 0 aliphatic carbocycles. The van der Waals surface area contributed by atoms with Gasteiger partial charge in [0.2, 0.25) is 5.91 Å². The fraction of sp³-hybridized carbons (Fsp3) is 0.500. The largest absolute Gasteiger partial charge is 0.750 e. The zero-order chi connectivity index (χ0) is 26.7. The Labute approximate surface area is 210 Å². The monoisotopic (exact) mass is 527 g/mol. The molecule has 1 amide bonds. The average molecular weight is 528 g/mol. The second kappa shape index (κ2) is 11.2. The normalized spacial score (nSPS) is 18.4. The molecule has 0 bridgehead atoms. The molecule has 1 saturated heterocycles. The summed E-state index contributed by atoms with van der Waals surface area (Å²) < 4.78 is 66.6. The molecule has 1 aromatic heterocycles. The third-order valence-electron chi connectivity index (χ3n) is 6.38. The zero-order valence-corrected chi connectivity index (χ0v) is 21.1. The van der Waals surface area contributed by atoms with E-state index in [2.05, 4.69) is 17.2 Å². The minimum Gasteiger partial charge on any atom is -0.750 e. The first kappa shape index (κ1) is 28.0. The fourth-order valence-electron chi connectivity index (χ4n) is 4.06. The maximum atomic E-state index is 13.3. The number of alkyl halides is 3. The van der Waals surface area contributed by atoms with Crippen molar-refractivity contribution in [2.75, 3.05) is 18.0 Å². The summed E-state index contributed by atoms with van der Waals surface area (Å²) >= 11 is -2.83. The third kappa shape index (κ3) is 7.02. The van der Waals surface area contributed by atoms with E-state index < -0.39 is 34.9 Å². The Morgan fingerprint density at radius 3 is 2.58 bits per heavy atom. The van der Waals surface area contributed by atoms with Crippen LogP contribution in [0.5, 0.6) is 0 Å². The minimum absolute atomic E-state index is 0.00225. The number of benzene rings is 1. The van der Waals surface area contributed by atoms with Gasteiger partial charge in [0.05, 0.1) is 17.3 Å². The van der Waals surface area contributed by atoms with Crippen LogP contribution < -0.4 is 16.0 Å². The average Bonchev–Trinajstić information content (AvgIpc) is 2.81. The molecule has 1 aliphatic rings. The smallest absolute Gasteiger partial charge is 0.433 e. The van der Waals surface area contributed by atoms with Crippen LogP contribution in [0.15, 0.2) is 36.4 Å². The van der Waals surface area contributed by atoms with Gasteiger partial charge < -0.3 is 14.8 Å². The highest BCUT2D eigenvalue weighted by atomic mass is 32.2. The highest BCUT2D eigenvalue weighted by molar-refractivity contribution is 7.74. The maximum absolute atomic E-state index is 13.3. The number of nitrogens with one attached hydrogen (secondary N) is 1. The van der Waals surface area contributed by atoms with Crippen LogP contribution in [0.25, 0.3) is 0 Å². The lowest BCUT2D eigenvalue weighted by Crippen LogP contribution is -2.37. The molecule has 0 spiro atoms. The van der Waals surface area contributed by atoms with E-state index in [1.807, 2.05) is 4.90 Å². The molecule has 3 N–H and O–H groups in total. The fourth-order valence-corrected chi connectivity index (χ4v) is 4.44. The van der Waals surface area contributed by atoms with Crippen molar-refractivity contribution in [1.29, 1.82) is 0 Å². The van der Waals surface area contributed by atoms with Crippen molar-refractivity contribution >= 4 is 23.1 Å². The van der Waals surface area contributed by atoms with Gasteiger partial charge in [0.25, 0.3) is 0 Å². The Balaban J connectivity index is 1.77. The number of rotatable bonds is 8. The predicted molar refractivity (Wildman–Crippen MR) is 128 cm³/mol. The summed E-state index contributed by atoms with van der Waals surface area (Å²) in [5.41, 5.74) is 4.78. The molecule has 3 rings (SSSR count). The van der Waals surface area contributed by atoms with Gasteiger partial charge in [-0.2, -0.15) is 13.2 Å². The van der Waals surface area contributed by atoms with Crippen LogP contribution in [0.2, 0.25) is 0 Å². The van der Waals surface area contributed by atoms with Gasteiger partial charge in [-0.15, -0.1) is 0 Å². The van der Waals surface area contributed by atoms with Crippen LogP contribution in [0.3, 0.4) is 0 Å². The second-order valence-corrected chi connectivity index (χ2v) is 9.88. The van der Waals surface area contributed by atoms with Crippen molar-refractivity contribution in [2.45, 2.75) is 58.0 Å². The van der Waals surface area contributed by atoms with Crippen molar-refractivity contribution in [1.82, 2.24) is 10.3 Å². The van der Waals surface area contributed by atoms with Gasteiger partial charge in [-0.1, -0.05) is 37.3 Å². The number of nitrogens with zero attached hydrogens (tertiary/aromatic N) is 2. The van der Waals surface area contributed by atoms with E-state index in [1.54, 1.807) is 31.2 Å². The van der Waals surface area contributed by atoms with Crippen LogP contribution in [-0.2, 0) is 38.8 Å². The van der Waals surface area contributed by atoms with Gasteiger partial charge in [-0.3, -0.25) is 14.7 Å². The first-order valence-corrected chi connectivity index (χ1v) is 12.6. The summed E-state index contributed by atoms with van der Waals surface area (Å²) in [4.78, 5) is 18.7. The summed E-state index contributed by atoms with van der Waals surface area (Å²) in [7, 11) is 0. The topological polar surface area (TPSA) is 121 Å². The molecule has 1 aliphatic heterocycles. The number of carbonyl (C=O) groups excluding carboxylic acids is 1. The zero-order valence-electron chi connectivity index (χ0n) is 20.3. The van der Waals surface area contributed by atoms with Gasteiger partial charge in [0.15, 0.2) is 5.72 Å². The Morgan fingerprint density at radius 2 is 1.97 bits per heavy atom. The molecule has 12 heteroatoms. The van der Waals surface area contributed by atoms with Gasteiger partial charge in [0.1, 0.15) is 11.5 Å². The van der Waals surface area contributed by atoms with Crippen molar-refractivity contribution in [3.05, 3.63) is 58.8 Å². The molecule has 36 heavy (non-hydrogen) atoms. The summed E-state index contributed by atoms with van der Waals surface area (Å²) in [5.74, 6) is -0.299. The van der Waals surface area contributed by atoms with E-state index in [0.717, 1.165) is 18.9 Å². The highest BCUT2D eigenvalue weighted by Crippen LogP contribution is 2.32. The summed E-state index contributed by atoms with van der Waals surface area (Å²) in [6.07, 6.45) is -2.87. The molecule has 3 unspecified atom stereocenters. The second-order valence-electron chi connectivity index (χ2n) is 9.31. The lowest BCUT2D eigenvalue weighted by molar-refractivity contribution is -0.141. The molecule has 0 saturated carbocycles. The summed E-state index contributed by atoms with van der Waals surface area (Å²) in [5, 5.41) is 2.79. The van der Waals surface area contributed by atoms with Gasteiger partial charge >= 0.3 is 6.18 Å². The lowest BCUT2D eigenvalue weighted by atomic mass is 9.95. The van der Waals surface area contributed by atoms with Gasteiger partial charge in [-0.25, -0.2) is 9.19 Å². The number of carbonyl (C=O) groups is 1. The first-order chi connectivity index (χ1) is 16.8. The Kier molecular flexibility index (Phi) is 8.75. The molecule has 0 radical (unpaired) electrons. The van der Waals surface area contributed by atoms with Crippen LogP contribution in [0.4, 0.5) is 19.0 Å². The Bertz CT molecular complexity index is 1110. The minimum atomic E-state index is -4.57. The molecule has 2 heterocycles. The van der Waals surface area contributed by atoms with E-state index in [0.29, 0.717) is 35.7 Å². The quantitative estimate of drug-likeness (QED) is 0.397. The predicted octanol–water partition coefficient (Wildman–Crippen LogP) is 3.70. The lowest BCUT2D eigenvalue weighted by Gasteiger charge is -2.33. The van der Waals surface area contributed by atoms with E-state index in [1.165, 1.54) is 13.0 Å². The number of hydrogen-bond acceptors (Lipinski definition) is 7. The van der Waals surface area contributed by atoms with Gasteiger partial charge in [0, 0.05) is 25.2 Å². The summed E-state index contributed by atoms with van der Waals surface area (Å²) in [6, 6.07) is 8.77.